The number of phenols is 1. The average molecular weight is 211 g/mol. The standard InChI is InChI=1S/C10H13NO4/c1-6(13)15-10-3-2-7(4-9(10)14)8(11)5-12/h2-4,8,12,14H,5,11H2,1H3/t8-/m1/s1. The minimum atomic E-state index is -0.553. The molecular weight excluding hydrogens is 198 g/mol. The van der Waals surface area contributed by atoms with Gasteiger partial charge in [-0.2, -0.15) is 0 Å². The molecule has 4 N–H and O–H groups in total. The highest BCUT2D eigenvalue weighted by Gasteiger charge is 2.10. The van der Waals surface area contributed by atoms with Gasteiger partial charge in [0, 0.05) is 6.92 Å². The normalized spacial score (nSPS) is 12.2. The van der Waals surface area contributed by atoms with Crippen LogP contribution in [0.15, 0.2) is 18.2 Å². The van der Waals surface area contributed by atoms with Gasteiger partial charge < -0.3 is 20.7 Å². The molecule has 0 aromatic heterocycles. The summed E-state index contributed by atoms with van der Waals surface area (Å²) in [5.41, 5.74) is 6.12. The maximum absolute atomic E-state index is 10.6. The van der Waals surface area contributed by atoms with Crippen molar-refractivity contribution >= 4 is 5.97 Å². The Labute approximate surface area is 87.1 Å². The molecule has 0 unspecified atom stereocenters. The lowest BCUT2D eigenvalue weighted by Crippen LogP contribution is -2.14. The van der Waals surface area contributed by atoms with Gasteiger partial charge in [-0.3, -0.25) is 4.79 Å². The Morgan fingerprint density at radius 3 is 2.73 bits per heavy atom. The summed E-state index contributed by atoms with van der Waals surface area (Å²) >= 11 is 0. The Bertz CT molecular complexity index is 364. The van der Waals surface area contributed by atoms with Gasteiger partial charge in [0.2, 0.25) is 0 Å². The number of carbonyl (C=O) groups excluding carboxylic acids is 1. The van der Waals surface area contributed by atoms with Crippen LogP contribution in [0, 0.1) is 0 Å². The van der Waals surface area contributed by atoms with Crippen molar-refractivity contribution in [3.8, 4) is 11.5 Å². The van der Waals surface area contributed by atoms with Crippen molar-refractivity contribution in [2.24, 2.45) is 5.73 Å². The molecule has 0 aliphatic heterocycles. The van der Waals surface area contributed by atoms with E-state index in [1.807, 2.05) is 0 Å². The highest BCUT2D eigenvalue weighted by Crippen LogP contribution is 2.28. The molecule has 1 rings (SSSR count). The van der Waals surface area contributed by atoms with Crippen molar-refractivity contribution in [3.63, 3.8) is 0 Å². The lowest BCUT2D eigenvalue weighted by atomic mass is 10.1. The number of aliphatic hydroxyl groups excluding tert-OH is 1. The molecule has 5 nitrogen and oxygen atoms in total. The van der Waals surface area contributed by atoms with E-state index < -0.39 is 12.0 Å². The van der Waals surface area contributed by atoms with Gasteiger partial charge in [0.05, 0.1) is 12.6 Å². The molecule has 1 aromatic carbocycles. The summed E-state index contributed by atoms with van der Waals surface area (Å²) in [6, 6.07) is 3.82. The fourth-order valence-corrected chi connectivity index (χ4v) is 1.11. The summed E-state index contributed by atoms with van der Waals surface area (Å²) in [6.45, 7) is 1.03. The minimum absolute atomic E-state index is 0.0800. The first kappa shape index (κ1) is 11.5. The van der Waals surface area contributed by atoms with E-state index in [0.29, 0.717) is 5.56 Å². The highest BCUT2D eigenvalue weighted by molar-refractivity contribution is 5.70. The van der Waals surface area contributed by atoms with Crippen molar-refractivity contribution in [3.05, 3.63) is 23.8 Å². The lowest BCUT2D eigenvalue weighted by molar-refractivity contribution is -0.132. The number of benzene rings is 1. The van der Waals surface area contributed by atoms with Crippen LogP contribution >= 0.6 is 0 Å². The molecule has 0 spiro atoms. The van der Waals surface area contributed by atoms with Crippen LogP contribution in [0.4, 0.5) is 0 Å². The van der Waals surface area contributed by atoms with E-state index in [2.05, 4.69) is 0 Å². The summed E-state index contributed by atoms with van der Waals surface area (Å²) in [7, 11) is 0. The summed E-state index contributed by atoms with van der Waals surface area (Å²) in [6.07, 6.45) is 0. The van der Waals surface area contributed by atoms with Gasteiger partial charge in [-0.15, -0.1) is 0 Å². The molecule has 0 saturated heterocycles. The Hall–Kier alpha value is -1.59. The second-order valence-electron chi connectivity index (χ2n) is 3.11. The molecule has 5 heteroatoms. The first-order chi connectivity index (χ1) is 7.04. The fraction of sp³-hybridized carbons (Fsp3) is 0.300. The zero-order chi connectivity index (χ0) is 11.4. The third kappa shape index (κ3) is 2.93. The second kappa shape index (κ2) is 4.77. The lowest BCUT2D eigenvalue weighted by Gasteiger charge is -2.10. The molecule has 0 heterocycles. The van der Waals surface area contributed by atoms with Gasteiger partial charge in [0.1, 0.15) is 0 Å². The summed E-state index contributed by atoms with van der Waals surface area (Å²) in [5.74, 6) is -0.604. The number of hydrogen-bond donors (Lipinski definition) is 3. The molecule has 0 radical (unpaired) electrons. The summed E-state index contributed by atoms with van der Waals surface area (Å²) in [5, 5.41) is 18.3. The Morgan fingerprint density at radius 1 is 1.60 bits per heavy atom. The third-order valence-corrected chi connectivity index (χ3v) is 1.86. The van der Waals surface area contributed by atoms with Crippen LogP contribution < -0.4 is 10.5 Å². The minimum Gasteiger partial charge on any atom is -0.504 e. The molecule has 0 amide bonds. The predicted molar refractivity (Wildman–Crippen MR) is 53.4 cm³/mol. The topological polar surface area (TPSA) is 92.8 Å². The highest BCUT2D eigenvalue weighted by atomic mass is 16.5. The van der Waals surface area contributed by atoms with E-state index >= 15 is 0 Å². The number of ether oxygens (including phenoxy) is 1. The maximum Gasteiger partial charge on any atom is 0.308 e. The number of esters is 1. The molecule has 0 aliphatic carbocycles. The molecule has 82 valence electrons. The molecule has 0 bridgehead atoms. The van der Waals surface area contributed by atoms with Crippen LogP contribution in [-0.2, 0) is 4.79 Å². The SMILES string of the molecule is CC(=O)Oc1ccc([C@H](N)CO)cc1O. The molecule has 15 heavy (non-hydrogen) atoms. The zero-order valence-electron chi connectivity index (χ0n) is 8.30. The first-order valence-corrected chi connectivity index (χ1v) is 4.42. The van der Waals surface area contributed by atoms with Crippen LogP contribution in [0.25, 0.3) is 0 Å². The van der Waals surface area contributed by atoms with Crippen molar-refractivity contribution in [2.75, 3.05) is 6.61 Å². The number of carbonyl (C=O) groups is 1. The molecule has 0 fully saturated rings. The molecule has 0 saturated carbocycles. The Balaban J connectivity index is 2.92. The van der Waals surface area contributed by atoms with Crippen molar-refractivity contribution in [1.29, 1.82) is 0 Å². The van der Waals surface area contributed by atoms with Crippen molar-refractivity contribution in [2.45, 2.75) is 13.0 Å². The number of aliphatic hydroxyl groups is 1. The summed E-state index contributed by atoms with van der Waals surface area (Å²) in [4.78, 5) is 10.6. The van der Waals surface area contributed by atoms with Crippen molar-refractivity contribution < 1.29 is 19.7 Å². The number of nitrogens with two attached hydrogens (primary N) is 1. The maximum atomic E-state index is 10.6. The van der Waals surface area contributed by atoms with E-state index in [1.165, 1.54) is 19.1 Å². The second-order valence-corrected chi connectivity index (χ2v) is 3.11. The number of phenolic OH excluding ortho intramolecular Hbond substituents is 1. The largest absolute Gasteiger partial charge is 0.504 e. The van der Waals surface area contributed by atoms with Gasteiger partial charge >= 0.3 is 5.97 Å². The van der Waals surface area contributed by atoms with Crippen LogP contribution in [-0.4, -0.2) is 22.8 Å². The van der Waals surface area contributed by atoms with E-state index in [4.69, 9.17) is 15.6 Å². The first-order valence-electron chi connectivity index (χ1n) is 4.42. The monoisotopic (exact) mass is 211 g/mol. The predicted octanol–water partition coefficient (Wildman–Crippen LogP) is 0.310. The van der Waals surface area contributed by atoms with Gasteiger partial charge in [-0.05, 0) is 17.7 Å². The fourth-order valence-electron chi connectivity index (χ4n) is 1.11. The van der Waals surface area contributed by atoms with Crippen molar-refractivity contribution in [1.82, 2.24) is 0 Å². The van der Waals surface area contributed by atoms with Crippen LogP contribution in [0.5, 0.6) is 11.5 Å². The Kier molecular flexibility index (Phi) is 3.65. The van der Waals surface area contributed by atoms with Gasteiger partial charge in [0.15, 0.2) is 11.5 Å². The Morgan fingerprint density at radius 2 is 2.27 bits per heavy atom. The average Bonchev–Trinajstić information content (AvgIpc) is 2.19. The van der Waals surface area contributed by atoms with E-state index in [9.17, 15) is 9.90 Å². The molecule has 1 atom stereocenters. The van der Waals surface area contributed by atoms with E-state index in [0.717, 1.165) is 0 Å². The van der Waals surface area contributed by atoms with Crippen LogP contribution in [0.2, 0.25) is 0 Å². The van der Waals surface area contributed by atoms with E-state index in [-0.39, 0.29) is 18.1 Å². The molecule has 0 aliphatic rings. The van der Waals surface area contributed by atoms with Gasteiger partial charge in [-0.1, -0.05) is 6.07 Å². The van der Waals surface area contributed by atoms with Gasteiger partial charge in [0.25, 0.3) is 0 Å². The third-order valence-electron chi connectivity index (χ3n) is 1.86. The quantitative estimate of drug-likeness (QED) is 0.494. The zero-order valence-corrected chi connectivity index (χ0v) is 8.30. The van der Waals surface area contributed by atoms with Gasteiger partial charge in [-0.25, -0.2) is 0 Å². The molecule has 1 aromatic rings. The summed E-state index contributed by atoms with van der Waals surface area (Å²) < 4.78 is 4.72. The number of hydrogen-bond acceptors (Lipinski definition) is 5. The van der Waals surface area contributed by atoms with E-state index in [1.54, 1.807) is 6.07 Å². The number of aromatic hydroxyl groups is 1. The number of rotatable bonds is 3. The smallest absolute Gasteiger partial charge is 0.308 e. The van der Waals surface area contributed by atoms with Crippen LogP contribution in [0.3, 0.4) is 0 Å². The van der Waals surface area contributed by atoms with Crippen LogP contribution in [0.1, 0.15) is 18.5 Å². The molecular formula is C10H13NO4.